The molecule has 0 saturated heterocycles. The molecule has 1 N–H and O–H groups in total. The molecule has 1 atom stereocenters. The summed E-state index contributed by atoms with van der Waals surface area (Å²) < 4.78 is 13.9. The number of aliphatic hydroxyl groups excluding tert-OH is 1. The van der Waals surface area contributed by atoms with Crippen LogP contribution in [-0.4, -0.2) is 16.8 Å². The minimum Gasteiger partial charge on any atom is -0.503 e. The lowest BCUT2D eigenvalue weighted by Gasteiger charge is -2.27. The molecule has 0 fully saturated rings. The van der Waals surface area contributed by atoms with E-state index in [4.69, 9.17) is 23.2 Å². The van der Waals surface area contributed by atoms with Crippen LogP contribution in [0.2, 0.25) is 10.0 Å². The first-order chi connectivity index (χ1) is 13.9. The third kappa shape index (κ3) is 3.44. The van der Waals surface area contributed by atoms with Crippen molar-refractivity contribution in [3.63, 3.8) is 0 Å². The van der Waals surface area contributed by atoms with Gasteiger partial charge in [-0.3, -0.25) is 14.5 Å². The van der Waals surface area contributed by atoms with Crippen molar-refractivity contribution in [1.29, 1.82) is 0 Å². The first-order valence-corrected chi connectivity index (χ1v) is 10.1. The highest BCUT2D eigenvalue weighted by molar-refractivity contribution is 7.12. The van der Waals surface area contributed by atoms with Gasteiger partial charge in [0.2, 0.25) is 5.78 Å². The molecule has 3 aromatic rings. The number of aliphatic hydroxyl groups is 1. The number of halogens is 3. The van der Waals surface area contributed by atoms with Gasteiger partial charge in [-0.15, -0.1) is 11.3 Å². The van der Waals surface area contributed by atoms with Gasteiger partial charge in [0.15, 0.2) is 5.76 Å². The molecule has 8 heteroatoms. The molecule has 1 unspecified atom stereocenters. The maximum absolute atomic E-state index is 13.9. The van der Waals surface area contributed by atoms with Crippen molar-refractivity contribution in [2.24, 2.45) is 0 Å². The average Bonchev–Trinajstić information content (AvgIpc) is 3.31. The number of anilines is 1. The minimum atomic E-state index is -0.992. The van der Waals surface area contributed by atoms with Crippen LogP contribution in [0.25, 0.3) is 0 Å². The van der Waals surface area contributed by atoms with E-state index in [1.54, 1.807) is 23.6 Å². The van der Waals surface area contributed by atoms with Crippen LogP contribution in [0, 0.1) is 5.82 Å². The van der Waals surface area contributed by atoms with Crippen LogP contribution in [0.1, 0.15) is 21.3 Å². The van der Waals surface area contributed by atoms with Gasteiger partial charge in [0, 0.05) is 5.69 Å². The Kier molecular flexibility index (Phi) is 5.17. The van der Waals surface area contributed by atoms with Gasteiger partial charge in [-0.05, 0) is 47.3 Å². The Morgan fingerprint density at radius 2 is 1.86 bits per heavy atom. The van der Waals surface area contributed by atoms with E-state index in [0.717, 1.165) is 6.07 Å². The van der Waals surface area contributed by atoms with Crippen LogP contribution < -0.4 is 4.90 Å². The molecule has 2 aromatic carbocycles. The summed E-state index contributed by atoms with van der Waals surface area (Å²) in [4.78, 5) is 27.6. The average molecular weight is 448 g/mol. The lowest BCUT2D eigenvalue weighted by atomic mass is 9.95. The summed E-state index contributed by atoms with van der Waals surface area (Å²) in [5.41, 5.74) is 0.563. The van der Waals surface area contributed by atoms with Gasteiger partial charge < -0.3 is 5.11 Å². The van der Waals surface area contributed by atoms with Crippen molar-refractivity contribution in [2.75, 3.05) is 4.90 Å². The quantitative estimate of drug-likeness (QED) is 0.500. The number of carbonyl (C=O) groups is 2. The molecule has 2 heterocycles. The van der Waals surface area contributed by atoms with Gasteiger partial charge in [0.25, 0.3) is 5.91 Å². The largest absolute Gasteiger partial charge is 0.503 e. The smallest absolute Gasteiger partial charge is 0.294 e. The standard InChI is InChI=1S/C21H12Cl2FNO3S/c22-14-7-6-11(9-15(14)23)18-17(19(26)16-5-2-8-29-16)20(27)21(28)25(18)13-4-1-3-12(24)10-13/h1-10,18,27H. The third-order valence-corrected chi connectivity index (χ3v) is 6.15. The van der Waals surface area contributed by atoms with E-state index in [9.17, 15) is 19.1 Å². The maximum Gasteiger partial charge on any atom is 0.294 e. The fourth-order valence-electron chi connectivity index (χ4n) is 3.27. The Morgan fingerprint density at radius 3 is 2.52 bits per heavy atom. The normalized spacial score (nSPS) is 16.6. The second kappa shape index (κ2) is 7.63. The zero-order chi connectivity index (χ0) is 20.7. The van der Waals surface area contributed by atoms with E-state index >= 15 is 0 Å². The Balaban J connectivity index is 1.91. The van der Waals surface area contributed by atoms with Gasteiger partial charge >= 0.3 is 0 Å². The van der Waals surface area contributed by atoms with Crippen molar-refractivity contribution >= 4 is 51.9 Å². The van der Waals surface area contributed by atoms with Gasteiger partial charge in [-0.2, -0.15) is 0 Å². The highest BCUT2D eigenvalue weighted by Crippen LogP contribution is 2.43. The first kappa shape index (κ1) is 19.6. The fraction of sp³-hybridized carbons (Fsp3) is 0.0476. The summed E-state index contributed by atoms with van der Waals surface area (Å²) in [5, 5.41) is 12.9. The number of carbonyl (C=O) groups excluding carboxylic acids is 2. The molecule has 1 amide bonds. The van der Waals surface area contributed by atoms with Crippen LogP contribution in [0.3, 0.4) is 0 Å². The molecule has 146 valence electrons. The minimum absolute atomic E-state index is 0.0971. The predicted octanol–water partition coefficient (Wildman–Crippen LogP) is 5.98. The molecule has 0 aliphatic carbocycles. The van der Waals surface area contributed by atoms with Crippen LogP contribution in [-0.2, 0) is 4.79 Å². The number of hydrogen-bond donors (Lipinski definition) is 1. The van der Waals surface area contributed by atoms with E-state index < -0.39 is 29.3 Å². The predicted molar refractivity (Wildman–Crippen MR) is 111 cm³/mol. The van der Waals surface area contributed by atoms with Crippen LogP contribution in [0.5, 0.6) is 0 Å². The number of nitrogens with zero attached hydrogens (tertiary/aromatic N) is 1. The van der Waals surface area contributed by atoms with E-state index in [1.807, 2.05) is 0 Å². The van der Waals surface area contributed by atoms with Crippen LogP contribution in [0.4, 0.5) is 10.1 Å². The summed E-state index contributed by atoms with van der Waals surface area (Å²) in [6.07, 6.45) is 0. The molecular formula is C21H12Cl2FNO3S. The number of thiophene rings is 1. The number of amides is 1. The molecule has 1 aromatic heterocycles. The Bertz CT molecular complexity index is 1160. The van der Waals surface area contributed by atoms with Crippen molar-refractivity contribution < 1.29 is 19.1 Å². The zero-order valence-electron chi connectivity index (χ0n) is 14.6. The lowest BCUT2D eigenvalue weighted by Crippen LogP contribution is -2.31. The monoisotopic (exact) mass is 447 g/mol. The summed E-state index contributed by atoms with van der Waals surface area (Å²) in [7, 11) is 0. The highest BCUT2D eigenvalue weighted by Gasteiger charge is 2.45. The van der Waals surface area contributed by atoms with Crippen LogP contribution >= 0.6 is 34.5 Å². The molecule has 0 saturated carbocycles. The molecule has 1 aliphatic rings. The molecular weight excluding hydrogens is 436 g/mol. The van der Waals surface area contributed by atoms with Gasteiger partial charge in [-0.25, -0.2) is 4.39 Å². The summed E-state index contributed by atoms with van der Waals surface area (Å²) >= 11 is 13.4. The lowest BCUT2D eigenvalue weighted by molar-refractivity contribution is -0.117. The topological polar surface area (TPSA) is 57.6 Å². The van der Waals surface area contributed by atoms with Gasteiger partial charge in [0.05, 0.1) is 26.5 Å². The van der Waals surface area contributed by atoms with Crippen molar-refractivity contribution in [3.8, 4) is 0 Å². The Labute approximate surface area is 179 Å². The van der Waals surface area contributed by atoms with E-state index in [2.05, 4.69) is 0 Å². The second-order valence-corrected chi connectivity index (χ2v) is 8.06. The summed E-state index contributed by atoms with van der Waals surface area (Å²) in [6.45, 7) is 0. The molecule has 0 radical (unpaired) electrons. The van der Waals surface area contributed by atoms with Crippen molar-refractivity contribution in [3.05, 3.63) is 97.6 Å². The third-order valence-electron chi connectivity index (χ3n) is 4.54. The number of benzene rings is 2. The summed E-state index contributed by atoms with van der Waals surface area (Å²) in [5.74, 6) is -2.52. The summed E-state index contributed by atoms with van der Waals surface area (Å²) in [6, 6.07) is 12.4. The fourth-order valence-corrected chi connectivity index (χ4v) is 4.25. The van der Waals surface area contributed by atoms with Crippen LogP contribution in [0.15, 0.2) is 71.3 Å². The molecule has 0 bridgehead atoms. The van der Waals surface area contributed by atoms with E-state index in [1.165, 1.54) is 46.6 Å². The molecule has 0 spiro atoms. The zero-order valence-corrected chi connectivity index (χ0v) is 16.9. The second-order valence-electron chi connectivity index (χ2n) is 6.30. The Hall–Kier alpha value is -2.67. The SMILES string of the molecule is O=C(C1=C(O)C(=O)N(c2cccc(F)c2)C1c1ccc(Cl)c(Cl)c1)c1cccs1. The highest BCUT2D eigenvalue weighted by atomic mass is 35.5. The van der Waals surface area contributed by atoms with E-state index in [0.29, 0.717) is 15.5 Å². The van der Waals surface area contributed by atoms with Crippen molar-refractivity contribution in [2.45, 2.75) is 6.04 Å². The van der Waals surface area contributed by atoms with Crippen molar-refractivity contribution in [1.82, 2.24) is 0 Å². The molecule has 1 aliphatic heterocycles. The van der Waals surface area contributed by atoms with Gasteiger partial charge in [0.1, 0.15) is 5.82 Å². The number of hydrogen-bond acceptors (Lipinski definition) is 4. The van der Waals surface area contributed by atoms with E-state index in [-0.39, 0.29) is 16.3 Å². The Morgan fingerprint density at radius 1 is 1.07 bits per heavy atom. The molecule has 4 nitrogen and oxygen atoms in total. The number of ketones is 1. The first-order valence-electron chi connectivity index (χ1n) is 8.44. The number of Topliss-reactive ketones (excluding diaryl/α,β-unsaturated/α-hetero) is 1. The molecule has 29 heavy (non-hydrogen) atoms. The molecule has 4 rings (SSSR count). The maximum atomic E-state index is 13.9. The van der Waals surface area contributed by atoms with Gasteiger partial charge in [-0.1, -0.05) is 41.4 Å². The number of rotatable bonds is 4.